The van der Waals surface area contributed by atoms with Crippen LogP contribution >= 0.6 is 15.9 Å². The van der Waals surface area contributed by atoms with Gasteiger partial charge in [-0.3, -0.25) is 0 Å². The van der Waals surface area contributed by atoms with E-state index in [0.717, 1.165) is 31.4 Å². The number of benzene rings is 2. The molecule has 21 heavy (non-hydrogen) atoms. The largest absolute Gasteiger partial charge is 0.310 e. The van der Waals surface area contributed by atoms with Crippen LogP contribution in [0, 0.1) is 5.82 Å². The molecule has 0 aliphatic carbocycles. The fraction of sp³-hybridized carbons (Fsp3) is 0.333. The maximum atomic E-state index is 13.8. The maximum Gasteiger partial charge on any atom is 0.137 e. The molecule has 0 aliphatic heterocycles. The smallest absolute Gasteiger partial charge is 0.137 e. The van der Waals surface area contributed by atoms with Crippen molar-refractivity contribution in [3.8, 4) is 0 Å². The summed E-state index contributed by atoms with van der Waals surface area (Å²) >= 11 is 3.21. The average Bonchev–Trinajstić information content (AvgIpc) is 2.51. The summed E-state index contributed by atoms with van der Waals surface area (Å²) in [5.41, 5.74) is 2.33. The number of aryl methyl sites for hydroxylation is 1. The van der Waals surface area contributed by atoms with E-state index in [2.05, 4.69) is 52.4 Å². The van der Waals surface area contributed by atoms with Crippen molar-refractivity contribution < 1.29 is 4.39 Å². The lowest BCUT2D eigenvalue weighted by atomic mass is 9.98. The van der Waals surface area contributed by atoms with Crippen LogP contribution in [0.5, 0.6) is 0 Å². The van der Waals surface area contributed by atoms with Gasteiger partial charge in [0.15, 0.2) is 0 Å². The van der Waals surface area contributed by atoms with E-state index in [9.17, 15) is 4.39 Å². The Kier molecular flexibility index (Phi) is 6.40. The van der Waals surface area contributed by atoms with E-state index in [1.165, 1.54) is 5.56 Å². The van der Waals surface area contributed by atoms with Crippen molar-refractivity contribution in [2.24, 2.45) is 0 Å². The van der Waals surface area contributed by atoms with Crippen molar-refractivity contribution in [3.63, 3.8) is 0 Å². The standard InChI is InChI=1S/C18H21BrFN/c1-2-12-21-18(11-8-14-6-4-3-5-7-14)15-9-10-16(19)17(20)13-15/h3-7,9-10,13,18,21H,2,8,11-12H2,1H3. The zero-order chi connectivity index (χ0) is 15.1. The molecule has 0 saturated heterocycles. The van der Waals surface area contributed by atoms with Crippen LogP contribution in [0.25, 0.3) is 0 Å². The maximum absolute atomic E-state index is 13.8. The average molecular weight is 350 g/mol. The van der Waals surface area contributed by atoms with E-state index in [-0.39, 0.29) is 11.9 Å². The Morgan fingerprint density at radius 1 is 1.14 bits per heavy atom. The molecular formula is C18H21BrFN. The van der Waals surface area contributed by atoms with Gasteiger partial charge in [0.2, 0.25) is 0 Å². The van der Waals surface area contributed by atoms with Gasteiger partial charge >= 0.3 is 0 Å². The Bertz CT molecular complexity index is 556. The Balaban J connectivity index is 2.08. The highest BCUT2D eigenvalue weighted by Crippen LogP contribution is 2.24. The lowest BCUT2D eigenvalue weighted by Crippen LogP contribution is -2.22. The molecule has 0 spiro atoms. The lowest BCUT2D eigenvalue weighted by molar-refractivity contribution is 0.495. The first-order valence-electron chi connectivity index (χ1n) is 7.43. The minimum atomic E-state index is -0.199. The molecule has 2 aromatic carbocycles. The second kappa shape index (κ2) is 8.30. The van der Waals surface area contributed by atoms with Crippen LogP contribution in [0.3, 0.4) is 0 Å². The summed E-state index contributed by atoms with van der Waals surface area (Å²) in [6.07, 6.45) is 3.02. The SMILES string of the molecule is CCCNC(CCc1ccccc1)c1ccc(Br)c(F)c1. The highest BCUT2D eigenvalue weighted by molar-refractivity contribution is 9.10. The van der Waals surface area contributed by atoms with Crippen LogP contribution in [-0.2, 0) is 6.42 Å². The second-order valence-corrected chi connectivity index (χ2v) is 6.06. The van der Waals surface area contributed by atoms with E-state index in [1.54, 1.807) is 12.1 Å². The molecule has 1 nitrogen and oxygen atoms in total. The fourth-order valence-electron chi connectivity index (χ4n) is 2.39. The molecule has 3 heteroatoms. The van der Waals surface area contributed by atoms with E-state index < -0.39 is 0 Å². The van der Waals surface area contributed by atoms with Crippen LogP contribution in [0.15, 0.2) is 53.0 Å². The number of halogens is 2. The summed E-state index contributed by atoms with van der Waals surface area (Å²) in [6, 6.07) is 16.0. The molecule has 0 saturated carbocycles. The predicted molar refractivity (Wildman–Crippen MR) is 89.9 cm³/mol. The molecule has 1 atom stereocenters. The minimum absolute atomic E-state index is 0.188. The zero-order valence-corrected chi connectivity index (χ0v) is 13.9. The summed E-state index contributed by atoms with van der Waals surface area (Å²) in [6.45, 7) is 3.08. The Morgan fingerprint density at radius 3 is 2.57 bits per heavy atom. The van der Waals surface area contributed by atoms with Gasteiger partial charge in [0.1, 0.15) is 5.82 Å². The lowest BCUT2D eigenvalue weighted by Gasteiger charge is -2.19. The molecule has 0 amide bonds. The van der Waals surface area contributed by atoms with Gasteiger partial charge in [0, 0.05) is 6.04 Å². The first-order chi connectivity index (χ1) is 10.2. The van der Waals surface area contributed by atoms with Crippen LogP contribution in [0.1, 0.15) is 36.9 Å². The van der Waals surface area contributed by atoms with Crippen molar-refractivity contribution >= 4 is 15.9 Å². The van der Waals surface area contributed by atoms with Crippen LogP contribution in [-0.4, -0.2) is 6.54 Å². The summed E-state index contributed by atoms with van der Waals surface area (Å²) in [7, 11) is 0. The van der Waals surface area contributed by atoms with E-state index in [0.29, 0.717) is 4.47 Å². The first-order valence-corrected chi connectivity index (χ1v) is 8.22. The summed E-state index contributed by atoms with van der Waals surface area (Å²) in [4.78, 5) is 0. The zero-order valence-electron chi connectivity index (χ0n) is 12.3. The number of hydrogen-bond acceptors (Lipinski definition) is 1. The molecule has 0 heterocycles. The Labute approximate surface area is 134 Å². The third-order valence-electron chi connectivity index (χ3n) is 3.55. The molecule has 0 radical (unpaired) electrons. The van der Waals surface area contributed by atoms with Crippen LogP contribution < -0.4 is 5.32 Å². The molecule has 0 aliphatic rings. The van der Waals surface area contributed by atoms with Crippen LogP contribution in [0.2, 0.25) is 0 Å². The Hall–Kier alpha value is -1.19. The minimum Gasteiger partial charge on any atom is -0.310 e. The third-order valence-corrected chi connectivity index (χ3v) is 4.19. The van der Waals surface area contributed by atoms with Crippen molar-refractivity contribution in [1.29, 1.82) is 0 Å². The fourth-order valence-corrected chi connectivity index (χ4v) is 2.64. The molecule has 1 N–H and O–H groups in total. The van der Waals surface area contributed by atoms with Gasteiger partial charge in [-0.1, -0.05) is 43.3 Å². The van der Waals surface area contributed by atoms with Crippen molar-refractivity contribution in [3.05, 3.63) is 69.9 Å². The van der Waals surface area contributed by atoms with Crippen molar-refractivity contribution in [2.75, 3.05) is 6.54 Å². The van der Waals surface area contributed by atoms with E-state index in [1.807, 2.05) is 12.1 Å². The van der Waals surface area contributed by atoms with E-state index in [4.69, 9.17) is 0 Å². The molecule has 0 fully saturated rings. The summed E-state index contributed by atoms with van der Waals surface area (Å²) in [5.74, 6) is -0.199. The number of nitrogens with one attached hydrogen (secondary N) is 1. The van der Waals surface area contributed by atoms with Gasteiger partial charge in [-0.15, -0.1) is 0 Å². The molecule has 1 unspecified atom stereocenters. The predicted octanol–water partition coefficient (Wildman–Crippen LogP) is 5.26. The molecule has 0 bridgehead atoms. The molecular weight excluding hydrogens is 329 g/mol. The highest BCUT2D eigenvalue weighted by atomic mass is 79.9. The third kappa shape index (κ3) is 4.94. The number of hydrogen-bond donors (Lipinski definition) is 1. The molecule has 0 aromatic heterocycles. The van der Waals surface area contributed by atoms with Crippen molar-refractivity contribution in [2.45, 2.75) is 32.2 Å². The first kappa shape index (κ1) is 16.2. The molecule has 112 valence electrons. The van der Waals surface area contributed by atoms with E-state index >= 15 is 0 Å². The molecule has 2 aromatic rings. The van der Waals surface area contributed by atoms with Gasteiger partial charge in [-0.2, -0.15) is 0 Å². The normalized spacial score (nSPS) is 12.3. The van der Waals surface area contributed by atoms with Gasteiger partial charge in [-0.25, -0.2) is 4.39 Å². The highest BCUT2D eigenvalue weighted by Gasteiger charge is 2.12. The quantitative estimate of drug-likeness (QED) is 0.718. The van der Waals surface area contributed by atoms with Gasteiger partial charge in [0.05, 0.1) is 4.47 Å². The topological polar surface area (TPSA) is 12.0 Å². The van der Waals surface area contributed by atoms with Gasteiger partial charge < -0.3 is 5.32 Å². The van der Waals surface area contributed by atoms with Crippen LogP contribution in [0.4, 0.5) is 4.39 Å². The van der Waals surface area contributed by atoms with Gasteiger partial charge in [-0.05, 0) is 65.0 Å². The van der Waals surface area contributed by atoms with Gasteiger partial charge in [0.25, 0.3) is 0 Å². The Morgan fingerprint density at radius 2 is 1.90 bits per heavy atom. The summed E-state index contributed by atoms with van der Waals surface area (Å²) in [5, 5.41) is 3.52. The second-order valence-electron chi connectivity index (χ2n) is 5.20. The number of rotatable bonds is 7. The molecule has 2 rings (SSSR count). The summed E-state index contributed by atoms with van der Waals surface area (Å²) < 4.78 is 14.3. The van der Waals surface area contributed by atoms with Crippen molar-refractivity contribution in [1.82, 2.24) is 5.32 Å². The monoisotopic (exact) mass is 349 g/mol.